The molecule has 0 bridgehead atoms. The first-order valence-electron chi connectivity index (χ1n) is 7.62. The third kappa shape index (κ3) is 4.39. The summed E-state index contributed by atoms with van der Waals surface area (Å²) in [6.45, 7) is 2.10. The van der Waals surface area contributed by atoms with Crippen LogP contribution in [0.1, 0.15) is 11.3 Å². The van der Waals surface area contributed by atoms with Crippen molar-refractivity contribution >= 4 is 15.7 Å². The van der Waals surface area contributed by atoms with Crippen LogP contribution in [0.4, 0.5) is 5.69 Å². The highest BCUT2D eigenvalue weighted by atomic mass is 32.2. The number of anilines is 1. The van der Waals surface area contributed by atoms with Crippen LogP contribution in [-0.4, -0.2) is 19.7 Å². The Balaban J connectivity index is 1.80. The number of aryl methyl sites for hydroxylation is 1. The first-order chi connectivity index (χ1) is 11.9. The van der Waals surface area contributed by atoms with Crippen LogP contribution in [0.15, 0.2) is 65.4 Å². The summed E-state index contributed by atoms with van der Waals surface area (Å²) in [6.07, 6.45) is 4.12. The second-order valence-corrected chi connectivity index (χ2v) is 7.53. The predicted molar refractivity (Wildman–Crippen MR) is 95.2 cm³/mol. The van der Waals surface area contributed by atoms with Crippen molar-refractivity contribution in [2.45, 2.75) is 13.5 Å². The normalized spacial score (nSPS) is 11.3. The minimum Gasteiger partial charge on any atom is -0.467 e. The summed E-state index contributed by atoms with van der Waals surface area (Å²) in [7, 11) is -3.48. The molecule has 0 atom stereocenters. The standard InChI is InChI=1S/C18H18N2O4S/c1-14-5-8-16(9-6-14)24-18-10-7-15(12-19-18)20(25(2,21)22)13-17-4-3-11-23-17/h3-12H,13H2,1-2H3. The number of furan rings is 1. The van der Waals surface area contributed by atoms with Crippen molar-refractivity contribution in [3.05, 3.63) is 72.3 Å². The number of benzene rings is 1. The van der Waals surface area contributed by atoms with Crippen LogP contribution in [0.2, 0.25) is 0 Å². The Hall–Kier alpha value is -2.80. The molecule has 0 spiro atoms. The largest absolute Gasteiger partial charge is 0.467 e. The van der Waals surface area contributed by atoms with Gasteiger partial charge in [0.15, 0.2) is 0 Å². The molecule has 7 heteroatoms. The summed E-state index contributed by atoms with van der Waals surface area (Å²) in [5.41, 5.74) is 1.58. The molecule has 0 fully saturated rings. The molecule has 1 aromatic carbocycles. The second-order valence-electron chi connectivity index (χ2n) is 5.62. The van der Waals surface area contributed by atoms with Crippen LogP contribution < -0.4 is 9.04 Å². The van der Waals surface area contributed by atoms with Crippen LogP contribution in [-0.2, 0) is 16.6 Å². The molecule has 130 valence electrons. The van der Waals surface area contributed by atoms with Crippen molar-refractivity contribution in [3.63, 3.8) is 0 Å². The lowest BCUT2D eigenvalue weighted by atomic mass is 10.2. The first-order valence-corrected chi connectivity index (χ1v) is 9.47. The van der Waals surface area contributed by atoms with Gasteiger partial charge >= 0.3 is 0 Å². The minimum absolute atomic E-state index is 0.103. The molecular formula is C18H18N2O4S. The van der Waals surface area contributed by atoms with E-state index in [2.05, 4.69) is 4.98 Å². The fourth-order valence-corrected chi connectivity index (χ4v) is 3.10. The minimum atomic E-state index is -3.48. The van der Waals surface area contributed by atoms with E-state index >= 15 is 0 Å². The topological polar surface area (TPSA) is 72.6 Å². The number of rotatable bonds is 6. The van der Waals surface area contributed by atoms with Crippen molar-refractivity contribution in [1.82, 2.24) is 4.98 Å². The van der Waals surface area contributed by atoms with E-state index in [1.165, 1.54) is 16.8 Å². The van der Waals surface area contributed by atoms with Gasteiger partial charge in [-0.25, -0.2) is 13.4 Å². The van der Waals surface area contributed by atoms with E-state index in [0.717, 1.165) is 11.8 Å². The van der Waals surface area contributed by atoms with E-state index in [0.29, 0.717) is 23.1 Å². The van der Waals surface area contributed by atoms with E-state index in [9.17, 15) is 8.42 Å². The number of aromatic nitrogens is 1. The van der Waals surface area contributed by atoms with Gasteiger partial charge in [-0.2, -0.15) is 0 Å². The average molecular weight is 358 g/mol. The highest BCUT2D eigenvalue weighted by molar-refractivity contribution is 7.92. The molecule has 2 heterocycles. The molecule has 0 saturated carbocycles. The maximum atomic E-state index is 12.1. The zero-order chi connectivity index (χ0) is 17.9. The zero-order valence-electron chi connectivity index (χ0n) is 13.9. The Morgan fingerprint density at radius 3 is 2.44 bits per heavy atom. The number of hydrogen-bond donors (Lipinski definition) is 0. The summed E-state index contributed by atoms with van der Waals surface area (Å²) in [6, 6.07) is 14.3. The number of ether oxygens (including phenoxy) is 1. The quantitative estimate of drug-likeness (QED) is 0.671. The fraction of sp³-hybridized carbons (Fsp3) is 0.167. The van der Waals surface area contributed by atoms with Crippen molar-refractivity contribution in [2.75, 3.05) is 10.6 Å². The molecule has 0 saturated heterocycles. The smallest absolute Gasteiger partial charge is 0.232 e. The highest BCUT2D eigenvalue weighted by Gasteiger charge is 2.19. The van der Waals surface area contributed by atoms with Gasteiger partial charge in [0, 0.05) is 6.07 Å². The molecule has 3 aromatic rings. The Kier molecular flexibility index (Phi) is 4.76. The van der Waals surface area contributed by atoms with Crippen molar-refractivity contribution in [3.8, 4) is 11.6 Å². The molecule has 2 aromatic heterocycles. The summed E-state index contributed by atoms with van der Waals surface area (Å²) in [5, 5.41) is 0. The Labute approximate surface area is 146 Å². The summed E-state index contributed by atoms with van der Waals surface area (Å²) in [5.74, 6) is 1.60. The van der Waals surface area contributed by atoms with Gasteiger partial charge in [0.25, 0.3) is 0 Å². The Bertz CT molecular complexity index is 918. The molecule has 0 aliphatic carbocycles. The SMILES string of the molecule is Cc1ccc(Oc2ccc(N(Cc3ccco3)S(C)(=O)=O)cn2)cc1. The summed E-state index contributed by atoms with van der Waals surface area (Å²) >= 11 is 0. The van der Waals surface area contributed by atoms with E-state index in [1.54, 1.807) is 24.3 Å². The number of hydrogen-bond acceptors (Lipinski definition) is 5. The Morgan fingerprint density at radius 2 is 1.88 bits per heavy atom. The molecular weight excluding hydrogens is 340 g/mol. The molecule has 3 rings (SSSR count). The monoisotopic (exact) mass is 358 g/mol. The fourth-order valence-electron chi connectivity index (χ4n) is 2.25. The molecule has 0 N–H and O–H groups in total. The van der Waals surface area contributed by atoms with Crippen LogP contribution in [0, 0.1) is 6.92 Å². The predicted octanol–water partition coefficient (Wildman–Crippen LogP) is 3.74. The van der Waals surface area contributed by atoms with Crippen molar-refractivity contribution in [2.24, 2.45) is 0 Å². The highest BCUT2D eigenvalue weighted by Crippen LogP contribution is 2.24. The number of sulfonamides is 1. The maximum Gasteiger partial charge on any atom is 0.232 e. The van der Waals surface area contributed by atoms with E-state index in [1.807, 2.05) is 31.2 Å². The van der Waals surface area contributed by atoms with Crippen LogP contribution in [0.5, 0.6) is 11.6 Å². The number of nitrogens with zero attached hydrogens (tertiary/aromatic N) is 2. The molecule has 0 radical (unpaired) electrons. The zero-order valence-corrected chi connectivity index (χ0v) is 14.7. The van der Waals surface area contributed by atoms with Gasteiger partial charge in [0.1, 0.15) is 11.5 Å². The van der Waals surface area contributed by atoms with Crippen LogP contribution >= 0.6 is 0 Å². The van der Waals surface area contributed by atoms with Gasteiger partial charge in [0.05, 0.1) is 30.9 Å². The molecule has 0 unspecified atom stereocenters. The Morgan fingerprint density at radius 1 is 1.12 bits per heavy atom. The maximum absolute atomic E-state index is 12.1. The molecule has 25 heavy (non-hydrogen) atoms. The van der Waals surface area contributed by atoms with Gasteiger partial charge in [-0.05, 0) is 37.3 Å². The van der Waals surface area contributed by atoms with Crippen molar-refractivity contribution < 1.29 is 17.6 Å². The second kappa shape index (κ2) is 6.98. The van der Waals surface area contributed by atoms with E-state index < -0.39 is 10.0 Å². The first kappa shape index (κ1) is 17.0. The molecule has 0 amide bonds. The van der Waals surface area contributed by atoms with Gasteiger partial charge in [-0.1, -0.05) is 17.7 Å². The lowest BCUT2D eigenvalue weighted by Gasteiger charge is -2.21. The van der Waals surface area contributed by atoms with Crippen LogP contribution in [0.3, 0.4) is 0 Å². The van der Waals surface area contributed by atoms with Crippen molar-refractivity contribution in [1.29, 1.82) is 0 Å². The van der Waals surface area contributed by atoms with E-state index in [-0.39, 0.29) is 6.54 Å². The molecule has 0 aliphatic heterocycles. The van der Waals surface area contributed by atoms with Gasteiger partial charge in [0.2, 0.25) is 15.9 Å². The van der Waals surface area contributed by atoms with Gasteiger partial charge < -0.3 is 9.15 Å². The average Bonchev–Trinajstić information content (AvgIpc) is 3.08. The van der Waals surface area contributed by atoms with Gasteiger partial charge in [-0.3, -0.25) is 4.31 Å². The number of pyridine rings is 1. The lowest BCUT2D eigenvalue weighted by Crippen LogP contribution is -2.29. The lowest BCUT2D eigenvalue weighted by molar-refractivity contribution is 0.463. The van der Waals surface area contributed by atoms with Gasteiger partial charge in [-0.15, -0.1) is 0 Å². The molecule has 0 aliphatic rings. The third-order valence-corrected chi connectivity index (χ3v) is 4.67. The summed E-state index contributed by atoms with van der Waals surface area (Å²) < 4.78 is 36.3. The summed E-state index contributed by atoms with van der Waals surface area (Å²) in [4.78, 5) is 4.20. The third-order valence-electron chi connectivity index (χ3n) is 3.53. The van der Waals surface area contributed by atoms with Crippen LogP contribution in [0.25, 0.3) is 0 Å². The molecule has 6 nitrogen and oxygen atoms in total. The van der Waals surface area contributed by atoms with E-state index in [4.69, 9.17) is 9.15 Å².